The molecule has 7 nitrogen and oxygen atoms in total. The van der Waals surface area contributed by atoms with Crippen LogP contribution in [0.3, 0.4) is 0 Å². The number of carbonyl (C=O) groups excluding carboxylic acids is 2. The van der Waals surface area contributed by atoms with Crippen LogP contribution in [0.4, 0.5) is 11.4 Å². The van der Waals surface area contributed by atoms with E-state index >= 15 is 0 Å². The summed E-state index contributed by atoms with van der Waals surface area (Å²) in [6.07, 6.45) is 0. The third-order valence-corrected chi connectivity index (χ3v) is 7.25. The number of sulfonamides is 1. The lowest BCUT2D eigenvalue weighted by atomic mass is 10.1. The van der Waals surface area contributed by atoms with E-state index in [9.17, 15) is 18.0 Å². The Bertz CT molecular complexity index is 1230. The molecule has 0 aromatic heterocycles. The molecule has 3 aromatic carbocycles. The number of rotatable bonds is 7. The van der Waals surface area contributed by atoms with Crippen molar-refractivity contribution in [2.75, 3.05) is 23.3 Å². The second-order valence-corrected chi connectivity index (χ2v) is 9.93. The second kappa shape index (κ2) is 10.1. The van der Waals surface area contributed by atoms with Crippen molar-refractivity contribution in [3.05, 3.63) is 87.5 Å². The van der Waals surface area contributed by atoms with E-state index in [0.717, 1.165) is 7.88 Å². The number of nitrogens with one attached hydrogen (secondary N) is 1. The minimum Gasteiger partial charge on any atom is -0.465 e. The van der Waals surface area contributed by atoms with Gasteiger partial charge in [-0.1, -0.05) is 24.3 Å². The highest BCUT2D eigenvalue weighted by atomic mass is 127. The van der Waals surface area contributed by atoms with Crippen molar-refractivity contribution in [1.82, 2.24) is 0 Å². The maximum atomic E-state index is 13.3. The van der Waals surface area contributed by atoms with E-state index < -0.39 is 28.4 Å². The van der Waals surface area contributed by atoms with E-state index in [0.29, 0.717) is 22.5 Å². The summed E-state index contributed by atoms with van der Waals surface area (Å²) in [5.41, 5.74) is 1.61. The summed E-state index contributed by atoms with van der Waals surface area (Å²) in [7, 11) is -2.72. The van der Waals surface area contributed by atoms with Crippen LogP contribution in [-0.2, 0) is 19.6 Å². The van der Waals surface area contributed by atoms with Crippen LogP contribution in [0, 0.1) is 10.5 Å². The van der Waals surface area contributed by atoms with Crippen molar-refractivity contribution in [1.29, 1.82) is 0 Å². The number of ether oxygens (including phenoxy) is 1. The molecule has 0 saturated carbocycles. The first-order valence-electron chi connectivity index (χ1n) is 9.55. The predicted octanol–water partition coefficient (Wildman–Crippen LogP) is 4.22. The lowest BCUT2D eigenvalue weighted by molar-refractivity contribution is -0.114. The van der Waals surface area contributed by atoms with Gasteiger partial charge in [-0.05, 0) is 83.6 Å². The first-order chi connectivity index (χ1) is 15.2. The fourth-order valence-electron chi connectivity index (χ4n) is 3.06. The average Bonchev–Trinajstić information content (AvgIpc) is 2.79. The first kappa shape index (κ1) is 23.7. The Morgan fingerprint density at radius 1 is 0.969 bits per heavy atom. The molecule has 0 aliphatic carbocycles. The molecule has 0 radical (unpaired) electrons. The van der Waals surface area contributed by atoms with Crippen LogP contribution in [0.5, 0.6) is 0 Å². The van der Waals surface area contributed by atoms with E-state index in [4.69, 9.17) is 4.74 Å². The highest BCUT2D eigenvalue weighted by Gasteiger charge is 2.27. The molecule has 1 amide bonds. The normalized spacial score (nSPS) is 11.0. The molecule has 3 rings (SSSR count). The number of hydrogen-bond donors (Lipinski definition) is 1. The molecule has 0 saturated heterocycles. The molecular weight excluding hydrogens is 543 g/mol. The number of nitrogens with zero attached hydrogens (tertiary/aromatic N) is 1. The van der Waals surface area contributed by atoms with Crippen molar-refractivity contribution >= 4 is 55.9 Å². The molecule has 0 bridgehead atoms. The van der Waals surface area contributed by atoms with E-state index in [-0.39, 0.29) is 4.90 Å². The van der Waals surface area contributed by atoms with Gasteiger partial charge in [-0.25, -0.2) is 13.2 Å². The largest absolute Gasteiger partial charge is 0.465 e. The maximum absolute atomic E-state index is 13.3. The van der Waals surface area contributed by atoms with Crippen molar-refractivity contribution in [2.45, 2.75) is 11.8 Å². The minimum atomic E-state index is -3.99. The molecule has 0 fully saturated rings. The molecule has 3 aromatic rings. The van der Waals surface area contributed by atoms with Crippen molar-refractivity contribution in [3.63, 3.8) is 0 Å². The molecule has 0 aliphatic rings. The standard InChI is InChI=1S/C23H21IN2O5S/c1-16-20(23(28)31-2)9-6-10-21(16)25-22(27)15-26(18-13-11-17(24)12-14-18)32(29,30)19-7-4-3-5-8-19/h3-14H,15H2,1-2H3,(H,25,27). The maximum Gasteiger partial charge on any atom is 0.338 e. The number of hydrogen-bond acceptors (Lipinski definition) is 5. The number of anilines is 2. The monoisotopic (exact) mass is 564 g/mol. The number of esters is 1. The molecule has 32 heavy (non-hydrogen) atoms. The Hall–Kier alpha value is -2.92. The quantitative estimate of drug-likeness (QED) is 0.343. The molecule has 166 valence electrons. The van der Waals surface area contributed by atoms with Gasteiger partial charge < -0.3 is 10.1 Å². The lowest BCUT2D eigenvalue weighted by Gasteiger charge is -2.24. The van der Waals surface area contributed by atoms with Crippen LogP contribution in [0.25, 0.3) is 0 Å². The van der Waals surface area contributed by atoms with Gasteiger partial charge in [-0.2, -0.15) is 0 Å². The lowest BCUT2D eigenvalue weighted by Crippen LogP contribution is -2.38. The van der Waals surface area contributed by atoms with Crippen LogP contribution in [0.1, 0.15) is 15.9 Å². The van der Waals surface area contributed by atoms with Gasteiger partial charge in [0.05, 0.1) is 23.3 Å². The third kappa shape index (κ3) is 5.28. The zero-order valence-electron chi connectivity index (χ0n) is 17.4. The number of amides is 1. The van der Waals surface area contributed by atoms with Crippen molar-refractivity contribution < 1.29 is 22.7 Å². The SMILES string of the molecule is COC(=O)c1cccc(NC(=O)CN(c2ccc(I)cc2)S(=O)(=O)c2ccccc2)c1C. The molecule has 0 unspecified atom stereocenters. The molecule has 0 aliphatic heterocycles. The Labute approximate surface area is 200 Å². The zero-order valence-corrected chi connectivity index (χ0v) is 20.4. The molecular formula is C23H21IN2O5S. The summed E-state index contributed by atoms with van der Waals surface area (Å²) < 4.78 is 33.4. The topological polar surface area (TPSA) is 92.8 Å². The second-order valence-electron chi connectivity index (χ2n) is 6.82. The minimum absolute atomic E-state index is 0.0789. The Kier molecular flexibility index (Phi) is 7.52. The van der Waals surface area contributed by atoms with Crippen LogP contribution < -0.4 is 9.62 Å². The number of benzene rings is 3. The van der Waals surface area contributed by atoms with Crippen molar-refractivity contribution in [3.8, 4) is 0 Å². The van der Waals surface area contributed by atoms with E-state index in [1.54, 1.807) is 67.6 Å². The summed E-state index contributed by atoms with van der Waals surface area (Å²) in [4.78, 5) is 24.9. The highest BCUT2D eigenvalue weighted by Crippen LogP contribution is 2.25. The first-order valence-corrected chi connectivity index (χ1v) is 12.1. The fraction of sp³-hybridized carbons (Fsp3) is 0.130. The van der Waals surface area contributed by atoms with Gasteiger partial charge in [-0.3, -0.25) is 9.10 Å². The summed E-state index contributed by atoms with van der Waals surface area (Å²) in [5, 5.41) is 2.71. The fourth-order valence-corrected chi connectivity index (χ4v) is 4.87. The Balaban J connectivity index is 1.93. The predicted molar refractivity (Wildman–Crippen MR) is 131 cm³/mol. The van der Waals surface area contributed by atoms with Gasteiger partial charge >= 0.3 is 5.97 Å². The number of methoxy groups -OCH3 is 1. The molecule has 0 spiro atoms. The average molecular weight is 564 g/mol. The highest BCUT2D eigenvalue weighted by molar-refractivity contribution is 14.1. The summed E-state index contributed by atoms with van der Waals surface area (Å²) in [6, 6.07) is 19.6. The summed E-state index contributed by atoms with van der Waals surface area (Å²) in [5.74, 6) is -1.07. The van der Waals surface area contributed by atoms with Crippen LogP contribution in [0.15, 0.2) is 77.7 Å². The Morgan fingerprint density at radius 3 is 2.25 bits per heavy atom. The van der Waals surface area contributed by atoms with E-state index in [1.807, 2.05) is 0 Å². The zero-order chi connectivity index (χ0) is 23.3. The van der Waals surface area contributed by atoms with Crippen LogP contribution in [0.2, 0.25) is 0 Å². The van der Waals surface area contributed by atoms with E-state index in [1.165, 1.54) is 19.2 Å². The van der Waals surface area contributed by atoms with Crippen LogP contribution >= 0.6 is 22.6 Å². The van der Waals surface area contributed by atoms with Gasteiger partial charge in [0.25, 0.3) is 10.0 Å². The third-order valence-electron chi connectivity index (χ3n) is 4.75. The molecule has 1 N–H and O–H groups in total. The van der Waals surface area contributed by atoms with E-state index in [2.05, 4.69) is 27.9 Å². The van der Waals surface area contributed by atoms with Gasteiger partial charge in [0, 0.05) is 9.26 Å². The molecule has 0 atom stereocenters. The van der Waals surface area contributed by atoms with Gasteiger partial charge in [0.1, 0.15) is 6.54 Å². The van der Waals surface area contributed by atoms with Gasteiger partial charge in [0.2, 0.25) is 5.91 Å². The molecule has 9 heteroatoms. The summed E-state index contributed by atoms with van der Waals surface area (Å²) >= 11 is 2.12. The summed E-state index contributed by atoms with van der Waals surface area (Å²) in [6.45, 7) is 1.24. The van der Waals surface area contributed by atoms with Crippen LogP contribution in [-0.4, -0.2) is 33.9 Å². The molecule has 0 heterocycles. The van der Waals surface area contributed by atoms with Gasteiger partial charge in [-0.15, -0.1) is 0 Å². The Morgan fingerprint density at radius 2 is 1.62 bits per heavy atom. The number of halogens is 1. The number of carbonyl (C=O) groups is 2. The van der Waals surface area contributed by atoms with Gasteiger partial charge in [0.15, 0.2) is 0 Å². The van der Waals surface area contributed by atoms with Crippen molar-refractivity contribution in [2.24, 2.45) is 0 Å². The smallest absolute Gasteiger partial charge is 0.338 e.